The van der Waals surface area contributed by atoms with E-state index < -0.39 is 11.9 Å². The van der Waals surface area contributed by atoms with Crippen LogP contribution >= 0.6 is 11.3 Å². The lowest BCUT2D eigenvalue weighted by atomic mass is 10.1. The van der Waals surface area contributed by atoms with Crippen LogP contribution in [0.3, 0.4) is 0 Å². The standard InChI is InChI=1S/C15H17FO2S/c1-3-12-5-6-13(19-12)9-18-15-7-4-11(10(2)17)8-14(15)16/h4-8,10,17H,3,9H2,1-2H3/t10-/m0/s1. The molecule has 0 aliphatic heterocycles. The van der Waals surface area contributed by atoms with E-state index in [9.17, 15) is 9.50 Å². The van der Waals surface area contributed by atoms with Crippen molar-refractivity contribution in [2.24, 2.45) is 0 Å². The van der Waals surface area contributed by atoms with Crippen molar-refractivity contribution in [3.63, 3.8) is 0 Å². The van der Waals surface area contributed by atoms with E-state index in [2.05, 4.69) is 13.0 Å². The quantitative estimate of drug-likeness (QED) is 0.894. The van der Waals surface area contributed by atoms with Gasteiger partial charge < -0.3 is 9.84 Å². The summed E-state index contributed by atoms with van der Waals surface area (Å²) in [6.07, 6.45) is 0.329. The monoisotopic (exact) mass is 280 g/mol. The number of thiophene rings is 1. The Kier molecular flexibility index (Phi) is 4.56. The molecule has 0 amide bonds. The summed E-state index contributed by atoms with van der Waals surface area (Å²) in [4.78, 5) is 2.37. The van der Waals surface area contributed by atoms with E-state index in [1.807, 2.05) is 6.07 Å². The maximum atomic E-state index is 13.8. The number of halogens is 1. The molecule has 2 rings (SSSR count). The minimum absolute atomic E-state index is 0.218. The molecule has 1 N–H and O–H groups in total. The summed E-state index contributed by atoms with van der Waals surface area (Å²) in [5.74, 6) is -0.221. The predicted octanol–water partition coefficient (Wildman–Crippen LogP) is 4.08. The molecule has 4 heteroatoms. The van der Waals surface area contributed by atoms with Crippen molar-refractivity contribution in [3.8, 4) is 5.75 Å². The van der Waals surface area contributed by atoms with Gasteiger partial charge in [-0.2, -0.15) is 0 Å². The highest BCUT2D eigenvalue weighted by Crippen LogP contribution is 2.24. The third kappa shape index (κ3) is 3.55. The van der Waals surface area contributed by atoms with Crippen molar-refractivity contribution in [3.05, 3.63) is 51.5 Å². The molecule has 1 heterocycles. The molecule has 0 aliphatic rings. The maximum absolute atomic E-state index is 13.8. The average Bonchev–Trinajstić information content (AvgIpc) is 2.85. The van der Waals surface area contributed by atoms with Crippen LogP contribution in [-0.2, 0) is 13.0 Å². The highest BCUT2D eigenvalue weighted by Gasteiger charge is 2.08. The Balaban J connectivity index is 2.03. The molecule has 0 bridgehead atoms. The Bertz CT molecular complexity index is 549. The van der Waals surface area contributed by atoms with Crippen molar-refractivity contribution >= 4 is 11.3 Å². The van der Waals surface area contributed by atoms with Gasteiger partial charge in [-0.05, 0) is 43.2 Å². The molecule has 0 saturated carbocycles. The van der Waals surface area contributed by atoms with E-state index in [4.69, 9.17) is 4.74 Å². The van der Waals surface area contributed by atoms with Crippen LogP contribution in [0.1, 0.15) is 35.3 Å². The lowest BCUT2D eigenvalue weighted by Crippen LogP contribution is -1.98. The first kappa shape index (κ1) is 14.0. The smallest absolute Gasteiger partial charge is 0.165 e. The van der Waals surface area contributed by atoms with Gasteiger partial charge in [-0.25, -0.2) is 4.39 Å². The average molecular weight is 280 g/mol. The van der Waals surface area contributed by atoms with Crippen LogP contribution in [0.4, 0.5) is 4.39 Å². The number of ether oxygens (including phenoxy) is 1. The van der Waals surface area contributed by atoms with E-state index in [0.717, 1.165) is 11.3 Å². The largest absolute Gasteiger partial charge is 0.485 e. The first-order valence-electron chi connectivity index (χ1n) is 6.28. The zero-order valence-corrected chi connectivity index (χ0v) is 11.8. The minimum atomic E-state index is -0.673. The number of benzene rings is 1. The summed E-state index contributed by atoms with van der Waals surface area (Å²) >= 11 is 1.68. The Morgan fingerprint density at radius 2 is 2.00 bits per heavy atom. The van der Waals surface area contributed by atoms with Crippen LogP contribution in [0.5, 0.6) is 5.75 Å². The number of hydrogen-bond acceptors (Lipinski definition) is 3. The third-order valence-corrected chi connectivity index (χ3v) is 4.08. The molecule has 2 nitrogen and oxygen atoms in total. The van der Waals surface area contributed by atoms with Gasteiger partial charge in [0.1, 0.15) is 6.61 Å². The van der Waals surface area contributed by atoms with E-state index in [1.54, 1.807) is 30.4 Å². The van der Waals surface area contributed by atoms with Gasteiger partial charge in [0.2, 0.25) is 0 Å². The van der Waals surface area contributed by atoms with E-state index in [0.29, 0.717) is 12.2 Å². The Hall–Kier alpha value is -1.39. The van der Waals surface area contributed by atoms with Gasteiger partial charge in [0.15, 0.2) is 11.6 Å². The summed E-state index contributed by atoms with van der Waals surface area (Å²) in [5, 5.41) is 9.37. The van der Waals surface area contributed by atoms with Gasteiger partial charge in [0.05, 0.1) is 6.10 Å². The zero-order chi connectivity index (χ0) is 13.8. The first-order chi connectivity index (χ1) is 9.10. The predicted molar refractivity (Wildman–Crippen MR) is 75.1 cm³/mol. The second-order valence-electron chi connectivity index (χ2n) is 4.38. The molecule has 2 aromatic rings. The molecule has 0 radical (unpaired) electrons. The van der Waals surface area contributed by atoms with E-state index in [1.165, 1.54) is 10.9 Å². The fourth-order valence-corrected chi connectivity index (χ4v) is 2.60. The second kappa shape index (κ2) is 6.17. The molecular formula is C15H17FO2S. The normalized spacial score (nSPS) is 12.4. The number of aliphatic hydroxyl groups is 1. The Morgan fingerprint density at radius 1 is 1.26 bits per heavy atom. The first-order valence-corrected chi connectivity index (χ1v) is 7.09. The molecule has 0 aliphatic carbocycles. The number of aliphatic hydroxyl groups excluding tert-OH is 1. The molecular weight excluding hydrogens is 263 g/mol. The minimum Gasteiger partial charge on any atom is -0.485 e. The summed E-state index contributed by atoms with van der Waals surface area (Å²) in [5.41, 5.74) is 0.550. The summed E-state index contributed by atoms with van der Waals surface area (Å²) in [6, 6.07) is 8.62. The summed E-state index contributed by atoms with van der Waals surface area (Å²) in [7, 11) is 0. The Labute approximate surface area is 116 Å². The van der Waals surface area contributed by atoms with Crippen LogP contribution in [0.15, 0.2) is 30.3 Å². The molecule has 1 aromatic carbocycles. The molecule has 0 spiro atoms. The van der Waals surface area contributed by atoms with Gasteiger partial charge in [0.25, 0.3) is 0 Å². The fraction of sp³-hybridized carbons (Fsp3) is 0.333. The zero-order valence-electron chi connectivity index (χ0n) is 11.0. The highest BCUT2D eigenvalue weighted by atomic mass is 32.1. The summed E-state index contributed by atoms with van der Waals surface area (Å²) in [6.45, 7) is 4.08. The molecule has 1 aromatic heterocycles. The number of hydrogen-bond donors (Lipinski definition) is 1. The van der Waals surface area contributed by atoms with Crippen molar-refractivity contribution in [2.45, 2.75) is 33.0 Å². The fourth-order valence-electron chi connectivity index (χ4n) is 1.73. The van der Waals surface area contributed by atoms with Crippen molar-refractivity contribution in [1.82, 2.24) is 0 Å². The van der Waals surface area contributed by atoms with E-state index >= 15 is 0 Å². The van der Waals surface area contributed by atoms with Crippen molar-refractivity contribution in [2.75, 3.05) is 0 Å². The van der Waals surface area contributed by atoms with Crippen molar-refractivity contribution < 1.29 is 14.2 Å². The molecule has 1 atom stereocenters. The molecule has 102 valence electrons. The van der Waals surface area contributed by atoms with Gasteiger partial charge >= 0.3 is 0 Å². The molecule has 0 saturated heterocycles. The second-order valence-corrected chi connectivity index (χ2v) is 5.63. The Morgan fingerprint density at radius 3 is 2.58 bits per heavy atom. The van der Waals surface area contributed by atoms with Gasteiger partial charge in [-0.1, -0.05) is 13.0 Å². The maximum Gasteiger partial charge on any atom is 0.165 e. The van der Waals surface area contributed by atoms with Crippen LogP contribution in [0.2, 0.25) is 0 Å². The van der Waals surface area contributed by atoms with Crippen LogP contribution in [-0.4, -0.2) is 5.11 Å². The van der Waals surface area contributed by atoms with Gasteiger partial charge in [-0.3, -0.25) is 0 Å². The highest BCUT2D eigenvalue weighted by molar-refractivity contribution is 7.11. The summed E-state index contributed by atoms with van der Waals surface area (Å²) < 4.78 is 19.2. The van der Waals surface area contributed by atoms with Crippen molar-refractivity contribution in [1.29, 1.82) is 0 Å². The lowest BCUT2D eigenvalue weighted by Gasteiger charge is -2.09. The van der Waals surface area contributed by atoms with Crippen LogP contribution in [0.25, 0.3) is 0 Å². The number of rotatable bonds is 5. The number of aryl methyl sites for hydroxylation is 1. The topological polar surface area (TPSA) is 29.5 Å². The van der Waals surface area contributed by atoms with Gasteiger partial charge in [-0.15, -0.1) is 11.3 Å². The van der Waals surface area contributed by atoms with Crippen LogP contribution in [0, 0.1) is 5.82 Å². The van der Waals surface area contributed by atoms with E-state index in [-0.39, 0.29) is 5.75 Å². The van der Waals surface area contributed by atoms with Gasteiger partial charge in [0, 0.05) is 9.75 Å². The molecule has 19 heavy (non-hydrogen) atoms. The third-order valence-electron chi connectivity index (χ3n) is 2.87. The SMILES string of the molecule is CCc1ccc(COc2ccc([C@H](C)O)cc2F)s1. The lowest BCUT2D eigenvalue weighted by molar-refractivity contribution is 0.198. The molecule has 0 unspecified atom stereocenters. The molecule has 0 fully saturated rings. The van der Waals surface area contributed by atoms with Crippen LogP contribution < -0.4 is 4.74 Å².